The molecule has 6 nitrogen and oxygen atoms in total. The van der Waals surface area contributed by atoms with Crippen LogP contribution in [0, 0.1) is 0 Å². The average Bonchev–Trinajstić information content (AvgIpc) is 2.52. The van der Waals surface area contributed by atoms with Gasteiger partial charge in [0.25, 0.3) is 0 Å². The van der Waals surface area contributed by atoms with Crippen molar-refractivity contribution >= 4 is 23.8 Å². The quantitative estimate of drug-likeness (QED) is 0.678. The summed E-state index contributed by atoms with van der Waals surface area (Å²) in [6, 6.07) is 6.15. The molecule has 1 unspecified atom stereocenters. The Morgan fingerprint density at radius 2 is 2.00 bits per heavy atom. The summed E-state index contributed by atoms with van der Waals surface area (Å²) in [5.74, 6) is 1.24. The summed E-state index contributed by atoms with van der Waals surface area (Å²) in [5, 5.41) is 11.4. The van der Waals surface area contributed by atoms with Crippen LogP contribution in [0.2, 0.25) is 0 Å². The monoisotopic (exact) mass is 327 g/mol. The van der Waals surface area contributed by atoms with Crippen LogP contribution in [0.4, 0.5) is 4.79 Å². The van der Waals surface area contributed by atoms with Crippen LogP contribution in [0.3, 0.4) is 0 Å². The van der Waals surface area contributed by atoms with Gasteiger partial charge < -0.3 is 19.9 Å². The lowest BCUT2D eigenvalue weighted by Crippen LogP contribution is -2.41. The standard InChI is InChI=1S/C15H21NO5S/c1-3-22-9-8-13(14(17)18)16-15(19)21-10-11-4-6-12(20-2)7-5-11/h4-7,13H,3,8-10H2,1-2H3,(H,16,19)(H,17,18). The number of amides is 1. The minimum atomic E-state index is -1.06. The Hall–Kier alpha value is -1.89. The molecule has 22 heavy (non-hydrogen) atoms. The van der Waals surface area contributed by atoms with Crippen LogP contribution < -0.4 is 10.1 Å². The van der Waals surface area contributed by atoms with E-state index in [1.807, 2.05) is 6.92 Å². The Bertz CT molecular complexity index is 477. The van der Waals surface area contributed by atoms with Gasteiger partial charge in [0.15, 0.2) is 0 Å². The SMILES string of the molecule is CCSCCC(NC(=O)OCc1ccc(OC)cc1)C(=O)O. The summed E-state index contributed by atoms with van der Waals surface area (Å²) in [7, 11) is 1.57. The second-order valence-electron chi connectivity index (χ2n) is 4.44. The first-order valence-electron chi connectivity index (χ1n) is 6.93. The number of alkyl carbamates (subject to hydrolysis) is 1. The van der Waals surface area contributed by atoms with Gasteiger partial charge in [-0.25, -0.2) is 9.59 Å². The van der Waals surface area contributed by atoms with Crippen LogP contribution in [0.1, 0.15) is 18.9 Å². The van der Waals surface area contributed by atoms with E-state index in [0.717, 1.165) is 11.3 Å². The van der Waals surface area contributed by atoms with Crippen molar-refractivity contribution in [3.05, 3.63) is 29.8 Å². The summed E-state index contributed by atoms with van der Waals surface area (Å²) in [6.45, 7) is 2.07. The van der Waals surface area contributed by atoms with Crippen molar-refractivity contribution in [1.29, 1.82) is 0 Å². The van der Waals surface area contributed by atoms with Crippen molar-refractivity contribution in [3.8, 4) is 5.75 Å². The molecule has 0 radical (unpaired) electrons. The molecule has 7 heteroatoms. The lowest BCUT2D eigenvalue weighted by Gasteiger charge is -2.14. The molecule has 1 atom stereocenters. The molecule has 0 spiro atoms. The largest absolute Gasteiger partial charge is 0.497 e. The Morgan fingerprint density at radius 1 is 1.32 bits per heavy atom. The van der Waals surface area contributed by atoms with E-state index in [4.69, 9.17) is 14.6 Å². The fourth-order valence-electron chi connectivity index (χ4n) is 1.66. The minimum absolute atomic E-state index is 0.0753. The Morgan fingerprint density at radius 3 is 2.55 bits per heavy atom. The van der Waals surface area contributed by atoms with Gasteiger partial charge in [-0.1, -0.05) is 19.1 Å². The number of hydrogen-bond donors (Lipinski definition) is 2. The van der Waals surface area contributed by atoms with Gasteiger partial charge in [-0.3, -0.25) is 0 Å². The molecule has 0 saturated heterocycles. The second kappa shape index (κ2) is 9.94. The maximum Gasteiger partial charge on any atom is 0.408 e. The molecule has 2 N–H and O–H groups in total. The number of methoxy groups -OCH3 is 1. The maximum absolute atomic E-state index is 11.7. The smallest absolute Gasteiger partial charge is 0.408 e. The highest BCUT2D eigenvalue weighted by molar-refractivity contribution is 7.99. The first-order valence-corrected chi connectivity index (χ1v) is 8.09. The predicted molar refractivity (Wildman–Crippen MR) is 85.4 cm³/mol. The van der Waals surface area contributed by atoms with E-state index in [1.54, 1.807) is 43.1 Å². The summed E-state index contributed by atoms with van der Waals surface area (Å²) in [6.07, 6.45) is -0.365. The molecule has 122 valence electrons. The number of nitrogens with one attached hydrogen (secondary N) is 1. The lowest BCUT2D eigenvalue weighted by atomic mass is 10.2. The molecule has 0 aliphatic heterocycles. The number of aliphatic carboxylic acids is 1. The zero-order valence-electron chi connectivity index (χ0n) is 12.7. The Kier molecular flexibility index (Phi) is 8.21. The molecule has 1 aromatic rings. The van der Waals surface area contributed by atoms with Crippen LogP contribution in [0.25, 0.3) is 0 Å². The average molecular weight is 327 g/mol. The van der Waals surface area contributed by atoms with Gasteiger partial charge in [0.1, 0.15) is 18.4 Å². The topological polar surface area (TPSA) is 84.9 Å². The minimum Gasteiger partial charge on any atom is -0.497 e. The van der Waals surface area contributed by atoms with E-state index >= 15 is 0 Å². The third-order valence-electron chi connectivity index (χ3n) is 2.87. The van der Waals surface area contributed by atoms with E-state index in [2.05, 4.69) is 5.32 Å². The van der Waals surface area contributed by atoms with E-state index in [9.17, 15) is 9.59 Å². The number of carboxylic acid groups (broad SMARTS) is 1. The first-order chi connectivity index (χ1) is 10.6. The number of hydrogen-bond acceptors (Lipinski definition) is 5. The highest BCUT2D eigenvalue weighted by Gasteiger charge is 2.20. The van der Waals surface area contributed by atoms with Crippen molar-refractivity contribution in [2.24, 2.45) is 0 Å². The van der Waals surface area contributed by atoms with Crippen molar-refractivity contribution in [2.75, 3.05) is 18.6 Å². The van der Waals surface area contributed by atoms with Crippen LogP contribution in [-0.4, -0.2) is 41.8 Å². The lowest BCUT2D eigenvalue weighted by molar-refractivity contribution is -0.139. The van der Waals surface area contributed by atoms with Crippen LogP contribution >= 0.6 is 11.8 Å². The van der Waals surface area contributed by atoms with Gasteiger partial charge >= 0.3 is 12.1 Å². The van der Waals surface area contributed by atoms with Gasteiger partial charge in [-0.05, 0) is 35.6 Å². The van der Waals surface area contributed by atoms with Crippen LogP contribution in [0.5, 0.6) is 5.75 Å². The molecule has 0 bridgehead atoms. The highest BCUT2D eigenvalue weighted by atomic mass is 32.2. The highest BCUT2D eigenvalue weighted by Crippen LogP contribution is 2.12. The van der Waals surface area contributed by atoms with Gasteiger partial charge in [0.05, 0.1) is 7.11 Å². The van der Waals surface area contributed by atoms with Crippen LogP contribution in [-0.2, 0) is 16.1 Å². The molecular formula is C15H21NO5S. The fourth-order valence-corrected chi connectivity index (χ4v) is 2.35. The molecule has 0 saturated carbocycles. The Balaban J connectivity index is 2.40. The predicted octanol–water partition coefficient (Wildman–Crippen LogP) is 2.52. The molecule has 0 aliphatic rings. The third-order valence-corrected chi connectivity index (χ3v) is 3.81. The summed E-state index contributed by atoms with van der Waals surface area (Å²) in [4.78, 5) is 22.7. The summed E-state index contributed by atoms with van der Waals surface area (Å²) >= 11 is 1.63. The molecule has 1 amide bonds. The number of carbonyl (C=O) groups excluding carboxylic acids is 1. The zero-order valence-corrected chi connectivity index (χ0v) is 13.5. The molecule has 1 rings (SSSR count). The number of benzene rings is 1. The fraction of sp³-hybridized carbons (Fsp3) is 0.467. The number of thioether (sulfide) groups is 1. The van der Waals surface area contributed by atoms with Gasteiger partial charge in [-0.2, -0.15) is 11.8 Å². The van der Waals surface area contributed by atoms with Gasteiger partial charge in [0, 0.05) is 0 Å². The summed E-state index contributed by atoms with van der Waals surface area (Å²) < 4.78 is 10.1. The van der Waals surface area contributed by atoms with E-state index in [-0.39, 0.29) is 6.61 Å². The molecular weight excluding hydrogens is 306 g/mol. The van der Waals surface area contributed by atoms with Crippen molar-refractivity contribution in [2.45, 2.75) is 26.0 Å². The maximum atomic E-state index is 11.7. The van der Waals surface area contributed by atoms with Gasteiger partial charge in [-0.15, -0.1) is 0 Å². The molecule has 0 fully saturated rings. The van der Waals surface area contributed by atoms with Crippen molar-refractivity contribution < 1.29 is 24.2 Å². The Labute approximate surface area is 134 Å². The van der Waals surface area contributed by atoms with E-state index in [1.165, 1.54) is 0 Å². The molecule has 0 aliphatic carbocycles. The van der Waals surface area contributed by atoms with Crippen LogP contribution in [0.15, 0.2) is 24.3 Å². The number of carbonyl (C=O) groups is 2. The number of carboxylic acids is 1. The van der Waals surface area contributed by atoms with E-state index in [0.29, 0.717) is 17.9 Å². The summed E-state index contributed by atoms with van der Waals surface area (Å²) in [5.41, 5.74) is 0.796. The molecule has 0 heterocycles. The van der Waals surface area contributed by atoms with E-state index < -0.39 is 18.1 Å². The van der Waals surface area contributed by atoms with Gasteiger partial charge in [0.2, 0.25) is 0 Å². The number of rotatable bonds is 9. The third kappa shape index (κ3) is 6.71. The zero-order chi connectivity index (χ0) is 16.4. The first kappa shape index (κ1) is 18.2. The molecule has 0 aromatic heterocycles. The number of ether oxygens (including phenoxy) is 2. The van der Waals surface area contributed by atoms with Crippen molar-refractivity contribution in [3.63, 3.8) is 0 Å². The molecule has 1 aromatic carbocycles. The van der Waals surface area contributed by atoms with Crippen molar-refractivity contribution in [1.82, 2.24) is 5.32 Å². The second-order valence-corrected chi connectivity index (χ2v) is 5.84. The normalized spacial score (nSPS) is 11.5.